The summed E-state index contributed by atoms with van der Waals surface area (Å²) in [6.07, 6.45) is 0. The summed E-state index contributed by atoms with van der Waals surface area (Å²) < 4.78 is 11.9. The van der Waals surface area contributed by atoms with Gasteiger partial charge in [0.15, 0.2) is 0 Å². The zero-order chi connectivity index (χ0) is 21.6. The van der Waals surface area contributed by atoms with Crippen molar-refractivity contribution in [3.8, 4) is 11.5 Å². The fourth-order valence-corrected chi connectivity index (χ4v) is 3.35. The lowest BCUT2D eigenvalue weighted by molar-refractivity contribution is 0.289. The molecule has 0 fully saturated rings. The number of rotatable bonds is 8. The van der Waals surface area contributed by atoms with Crippen LogP contribution in [0.2, 0.25) is 0 Å². The lowest BCUT2D eigenvalue weighted by Crippen LogP contribution is -2.20. The predicted molar refractivity (Wildman–Crippen MR) is 124 cm³/mol. The fraction of sp³-hybridized carbons (Fsp3) is 0.308. The van der Waals surface area contributed by atoms with Crippen LogP contribution >= 0.6 is 0 Å². The quantitative estimate of drug-likeness (QED) is 0.452. The number of hydrogen-bond donors (Lipinski definition) is 2. The van der Waals surface area contributed by atoms with E-state index in [-0.39, 0.29) is 5.41 Å². The van der Waals surface area contributed by atoms with Gasteiger partial charge in [0.2, 0.25) is 0 Å². The van der Waals surface area contributed by atoms with Gasteiger partial charge in [0.25, 0.3) is 0 Å². The largest absolute Gasteiger partial charge is 0.496 e. The molecular weight excluding hydrogens is 372 g/mol. The van der Waals surface area contributed by atoms with E-state index >= 15 is 0 Å². The molecule has 3 aromatic rings. The third kappa shape index (κ3) is 5.77. The summed E-state index contributed by atoms with van der Waals surface area (Å²) in [5.74, 6) is 1.76. The Morgan fingerprint density at radius 3 is 2.33 bits per heavy atom. The van der Waals surface area contributed by atoms with Crippen molar-refractivity contribution < 1.29 is 9.47 Å². The van der Waals surface area contributed by atoms with Gasteiger partial charge in [-0.3, -0.25) is 0 Å². The highest BCUT2D eigenvalue weighted by Crippen LogP contribution is 2.33. The molecule has 0 saturated heterocycles. The van der Waals surface area contributed by atoms with Gasteiger partial charge in [-0.05, 0) is 59.4 Å². The Balaban J connectivity index is 1.71. The summed E-state index contributed by atoms with van der Waals surface area (Å²) in [6, 6.07) is 22.7. The molecule has 4 nitrogen and oxygen atoms in total. The molecular formula is C26H32N2O2. The fourth-order valence-electron chi connectivity index (χ4n) is 3.35. The Morgan fingerprint density at radius 2 is 1.63 bits per heavy atom. The molecule has 0 radical (unpaired) electrons. The number of ether oxygens (including phenoxy) is 2. The molecule has 0 unspecified atom stereocenters. The molecule has 0 amide bonds. The second-order valence-electron chi connectivity index (χ2n) is 8.53. The third-order valence-electron chi connectivity index (χ3n) is 4.97. The van der Waals surface area contributed by atoms with E-state index in [0.29, 0.717) is 13.2 Å². The van der Waals surface area contributed by atoms with Gasteiger partial charge < -0.3 is 14.9 Å². The first-order chi connectivity index (χ1) is 14.4. The molecule has 0 bridgehead atoms. The van der Waals surface area contributed by atoms with Crippen LogP contribution < -0.4 is 20.3 Å². The lowest BCUT2D eigenvalue weighted by atomic mass is 9.86. The van der Waals surface area contributed by atoms with Crippen LogP contribution in [0.25, 0.3) is 0 Å². The summed E-state index contributed by atoms with van der Waals surface area (Å²) in [4.78, 5) is 0. The Morgan fingerprint density at radius 1 is 0.867 bits per heavy atom. The molecule has 0 heterocycles. The molecule has 0 saturated carbocycles. The molecule has 3 aromatic carbocycles. The number of aryl methyl sites for hydroxylation is 1. The Hall–Kier alpha value is -2.98. The molecule has 0 aliphatic heterocycles. The molecule has 3 rings (SSSR count). The zero-order valence-electron chi connectivity index (χ0n) is 18.6. The summed E-state index contributed by atoms with van der Waals surface area (Å²) in [6.45, 7) is 9.84. The highest BCUT2D eigenvalue weighted by atomic mass is 16.5. The smallest absolute Gasteiger partial charge is 0.125 e. The van der Waals surface area contributed by atoms with E-state index in [9.17, 15) is 0 Å². The van der Waals surface area contributed by atoms with Gasteiger partial charge >= 0.3 is 0 Å². The van der Waals surface area contributed by atoms with Crippen molar-refractivity contribution in [2.45, 2.75) is 46.3 Å². The second kappa shape index (κ2) is 9.68. The van der Waals surface area contributed by atoms with Crippen molar-refractivity contribution in [3.63, 3.8) is 0 Å². The van der Waals surface area contributed by atoms with Gasteiger partial charge in [0, 0.05) is 17.8 Å². The minimum absolute atomic E-state index is 0.0159. The normalized spacial score (nSPS) is 11.2. The van der Waals surface area contributed by atoms with Crippen molar-refractivity contribution in [2.24, 2.45) is 0 Å². The topological polar surface area (TPSA) is 42.5 Å². The number of nitrogens with one attached hydrogen (secondary N) is 2. The summed E-state index contributed by atoms with van der Waals surface area (Å²) in [5, 5.41) is 0. The van der Waals surface area contributed by atoms with E-state index in [2.05, 4.69) is 68.9 Å². The Labute approximate surface area is 180 Å². The van der Waals surface area contributed by atoms with Crippen LogP contribution in [0, 0.1) is 6.92 Å². The van der Waals surface area contributed by atoms with Crippen LogP contribution in [0.15, 0.2) is 66.7 Å². The van der Waals surface area contributed by atoms with E-state index in [1.54, 1.807) is 7.11 Å². The first-order valence-corrected chi connectivity index (χ1v) is 10.3. The van der Waals surface area contributed by atoms with Gasteiger partial charge in [-0.15, -0.1) is 0 Å². The summed E-state index contributed by atoms with van der Waals surface area (Å²) >= 11 is 0. The lowest BCUT2D eigenvalue weighted by Gasteiger charge is -2.23. The van der Waals surface area contributed by atoms with E-state index < -0.39 is 0 Å². The van der Waals surface area contributed by atoms with Crippen LogP contribution in [0.3, 0.4) is 0 Å². The molecule has 0 aliphatic carbocycles. The third-order valence-corrected chi connectivity index (χ3v) is 4.97. The predicted octanol–water partition coefficient (Wildman–Crippen LogP) is 6.00. The van der Waals surface area contributed by atoms with Gasteiger partial charge in [0.05, 0.1) is 7.11 Å². The molecule has 30 heavy (non-hydrogen) atoms. The first-order valence-electron chi connectivity index (χ1n) is 10.3. The highest BCUT2D eigenvalue weighted by Gasteiger charge is 2.19. The highest BCUT2D eigenvalue weighted by molar-refractivity contribution is 5.43. The first kappa shape index (κ1) is 21.7. The number of hydrazine groups is 1. The number of benzene rings is 3. The average Bonchev–Trinajstić information content (AvgIpc) is 2.72. The van der Waals surface area contributed by atoms with Crippen molar-refractivity contribution in [1.29, 1.82) is 0 Å². The molecule has 0 aromatic heterocycles. The zero-order valence-corrected chi connectivity index (χ0v) is 18.6. The maximum atomic E-state index is 6.29. The second-order valence-corrected chi connectivity index (χ2v) is 8.53. The molecule has 0 aliphatic rings. The standard InChI is InChI=1S/C26H32N2O2/c1-19-11-13-23(26(2,3)4)25(15-19)30-18-21-16-20(12-14-24(21)29-5)17-27-28-22-9-7-6-8-10-22/h6-16,27-28H,17-18H2,1-5H3. The monoisotopic (exact) mass is 404 g/mol. The molecule has 158 valence electrons. The number of para-hydroxylation sites is 1. The Kier molecular flexibility index (Phi) is 7.01. The summed E-state index contributed by atoms with van der Waals surface area (Å²) in [5.41, 5.74) is 12.1. The van der Waals surface area contributed by atoms with Crippen LogP contribution in [0.1, 0.15) is 43.0 Å². The van der Waals surface area contributed by atoms with E-state index in [1.165, 1.54) is 11.1 Å². The van der Waals surface area contributed by atoms with Gasteiger partial charge in [-0.25, -0.2) is 5.43 Å². The Bertz CT molecular complexity index is 963. The minimum atomic E-state index is 0.0159. The molecule has 0 atom stereocenters. The van der Waals surface area contributed by atoms with E-state index in [4.69, 9.17) is 9.47 Å². The maximum Gasteiger partial charge on any atom is 0.125 e. The minimum Gasteiger partial charge on any atom is -0.496 e. The van der Waals surface area contributed by atoms with Crippen LogP contribution in [-0.4, -0.2) is 7.11 Å². The number of hydrogen-bond acceptors (Lipinski definition) is 4. The molecule has 4 heteroatoms. The van der Waals surface area contributed by atoms with Crippen molar-refractivity contribution >= 4 is 5.69 Å². The van der Waals surface area contributed by atoms with Crippen LogP contribution in [0.4, 0.5) is 5.69 Å². The number of methoxy groups -OCH3 is 1. The van der Waals surface area contributed by atoms with Gasteiger partial charge in [0.1, 0.15) is 18.1 Å². The SMILES string of the molecule is COc1ccc(CNNc2ccccc2)cc1COc1cc(C)ccc1C(C)(C)C. The maximum absolute atomic E-state index is 6.29. The van der Waals surface area contributed by atoms with Gasteiger partial charge in [-0.1, -0.05) is 57.2 Å². The van der Waals surface area contributed by atoms with E-state index in [0.717, 1.165) is 28.3 Å². The van der Waals surface area contributed by atoms with Crippen molar-refractivity contribution in [1.82, 2.24) is 5.43 Å². The molecule has 0 spiro atoms. The van der Waals surface area contributed by atoms with Crippen LogP contribution in [-0.2, 0) is 18.6 Å². The van der Waals surface area contributed by atoms with Gasteiger partial charge in [-0.2, -0.15) is 0 Å². The van der Waals surface area contributed by atoms with Crippen molar-refractivity contribution in [2.75, 3.05) is 12.5 Å². The molecule has 2 N–H and O–H groups in total. The average molecular weight is 405 g/mol. The van der Waals surface area contributed by atoms with E-state index in [1.807, 2.05) is 36.4 Å². The van der Waals surface area contributed by atoms with Crippen molar-refractivity contribution in [3.05, 3.63) is 89.0 Å². The number of anilines is 1. The summed E-state index contributed by atoms with van der Waals surface area (Å²) in [7, 11) is 1.70. The van der Waals surface area contributed by atoms with Crippen LogP contribution in [0.5, 0.6) is 11.5 Å².